The maximum atomic E-state index is 13.4. The zero-order valence-corrected chi connectivity index (χ0v) is 22.2. The highest BCUT2D eigenvalue weighted by atomic mass is 35.5. The van der Waals surface area contributed by atoms with Crippen molar-refractivity contribution in [2.75, 3.05) is 0 Å². The molecule has 1 aliphatic rings. The van der Waals surface area contributed by atoms with Crippen molar-refractivity contribution in [3.05, 3.63) is 69.2 Å². The smallest absolute Gasteiger partial charge is 0.242 e. The Morgan fingerprint density at radius 2 is 1.62 bits per heavy atom. The first kappa shape index (κ1) is 26.6. The van der Waals surface area contributed by atoms with E-state index in [0.29, 0.717) is 28.5 Å². The first-order valence-electron chi connectivity index (χ1n) is 12.2. The minimum atomic E-state index is -0.622. The quantitative estimate of drug-likeness (QED) is 0.436. The van der Waals surface area contributed by atoms with Crippen molar-refractivity contribution < 1.29 is 9.59 Å². The van der Waals surface area contributed by atoms with Crippen molar-refractivity contribution in [3.63, 3.8) is 0 Å². The van der Waals surface area contributed by atoms with Crippen molar-refractivity contribution in [2.24, 2.45) is 0 Å². The first-order chi connectivity index (χ1) is 16.1. The van der Waals surface area contributed by atoms with Crippen LogP contribution in [0.15, 0.2) is 42.5 Å². The molecule has 0 aromatic heterocycles. The molecule has 2 aromatic rings. The summed E-state index contributed by atoms with van der Waals surface area (Å²) < 4.78 is 0. The van der Waals surface area contributed by atoms with Gasteiger partial charge < -0.3 is 10.2 Å². The van der Waals surface area contributed by atoms with Gasteiger partial charge in [0.15, 0.2) is 0 Å². The van der Waals surface area contributed by atoms with Crippen molar-refractivity contribution in [1.29, 1.82) is 0 Å². The molecule has 0 bridgehead atoms. The van der Waals surface area contributed by atoms with Crippen LogP contribution in [0.4, 0.5) is 0 Å². The Labute approximate surface area is 214 Å². The molecule has 2 amide bonds. The summed E-state index contributed by atoms with van der Waals surface area (Å²) in [5.41, 5.74) is 3.10. The van der Waals surface area contributed by atoms with Gasteiger partial charge in [-0.25, -0.2) is 0 Å². The van der Waals surface area contributed by atoms with Gasteiger partial charge in [0.2, 0.25) is 11.8 Å². The Morgan fingerprint density at radius 3 is 2.18 bits per heavy atom. The average Bonchev–Trinajstić information content (AvgIpc) is 3.29. The van der Waals surface area contributed by atoms with E-state index in [1.807, 2.05) is 0 Å². The second-order valence-electron chi connectivity index (χ2n) is 10.3. The monoisotopic (exact) mass is 502 g/mol. The Kier molecular flexibility index (Phi) is 9.06. The van der Waals surface area contributed by atoms with Gasteiger partial charge in [-0.3, -0.25) is 9.59 Å². The molecule has 1 N–H and O–H groups in total. The third-order valence-corrected chi connectivity index (χ3v) is 7.41. The molecule has 0 spiro atoms. The highest BCUT2D eigenvalue weighted by Gasteiger charge is 2.29. The number of nitrogens with zero attached hydrogens (tertiary/aromatic N) is 1. The summed E-state index contributed by atoms with van der Waals surface area (Å²) in [7, 11) is 0. The van der Waals surface area contributed by atoms with Crippen molar-refractivity contribution >= 4 is 35.0 Å². The van der Waals surface area contributed by atoms with E-state index in [0.717, 1.165) is 31.2 Å². The van der Waals surface area contributed by atoms with Gasteiger partial charge in [0.25, 0.3) is 0 Å². The van der Waals surface area contributed by atoms with E-state index in [2.05, 4.69) is 50.4 Å². The number of hydrogen-bond acceptors (Lipinski definition) is 2. The van der Waals surface area contributed by atoms with Crippen LogP contribution in [-0.4, -0.2) is 28.8 Å². The molecule has 6 heteroatoms. The Hall–Kier alpha value is -2.04. The minimum Gasteiger partial charge on any atom is -0.352 e. The summed E-state index contributed by atoms with van der Waals surface area (Å²) in [6.45, 7) is 8.52. The van der Waals surface area contributed by atoms with Crippen LogP contribution in [-0.2, 0) is 28.0 Å². The predicted molar refractivity (Wildman–Crippen MR) is 140 cm³/mol. The zero-order valence-electron chi connectivity index (χ0n) is 20.7. The summed E-state index contributed by atoms with van der Waals surface area (Å²) in [5.74, 6) is -0.220. The van der Waals surface area contributed by atoms with Crippen LogP contribution in [0, 0.1) is 0 Å². The van der Waals surface area contributed by atoms with Gasteiger partial charge >= 0.3 is 0 Å². The fraction of sp³-hybridized carbons (Fsp3) is 0.500. The van der Waals surface area contributed by atoms with E-state index in [1.54, 1.807) is 30.0 Å². The molecule has 2 aromatic carbocycles. The second kappa shape index (κ2) is 11.6. The molecule has 0 saturated heterocycles. The molecule has 0 heterocycles. The van der Waals surface area contributed by atoms with Gasteiger partial charge in [0.05, 0.1) is 0 Å². The van der Waals surface area contributed by atoms with E-state index >= 15 is 0 Å². The zero-order chi connectivity index (χ0) is 24.9. The summed E-state index contributed by atoms with van der Waals surface area (Å²) in [6.07, 6.45) is 5.15. The number of rotatable bonds is 8. The van der Waals surface area contributed by atoms with Gasteiger partial charge in [-0.15, -0.1) is 0 Å². The first-order valence-corrected chi connectivity index (χ1v) is 12.9. The van der Waals surface area contributed by atoms with E-state index in [1.165, 1.54) is 5.56 Å². The molecular formula is C28H36Cl2N2O2. The third-order valence-electron chi connectivity index (χ3n) is 6.71. The van der Waals surface area contributed by atoms with Crippen LogP contribution in [0.1, 0.15) is 76.5 Å². The SMILES string of the molecule is CC(C(=O)NC1CCCC1)N(Cc1c(Cl)cccc1Cl)C(=O)CCc1ccc(C(C)(C)C)cc1. The largest absolute Gasteiger partial charge is 0.352 e. The lowest BCUT2D eigenvalue weighted by Gasteiger charge is -2.30. The maximum absolute atomic E-state index is 13.4. The molecule has 1 unspecified atom stereocenters. The Bertz CT molecular complexity index is 972. The van der Waals surface area contributed by atoms with Crippen LogP contribution in [0.2, 0.25) is 10.0 Å². The predicted octanol–water partition coefficient (Wildman–Crippen LogP) is 6.70. The summed E-state index contributed by atoms with van der Waals surface area (Å²) in [4.78, 5) is 28.1. The molecule has 1 saturated carbocycles. The van der Waals surface area contributed by atoms with Gasteiger partial charge in [-0.05, 0) is 54.9 Å². The molecular weight excluding hydrogens is 467 g/mol. The van der Waals surface area contributed by atoms with Crippen molar-refractivity contribution in [2.45, 2.75) is 90.3 Å². The Balaban J connectivity index is 1.74. The number of carbonyl (C=O) groups excluding carboxylic acids is 2. The number of benzene rings is 2. The fourth-order valence-electron chi connectivity index (χ4n) is 4.39. The lowest BCUT2D eigenvalue weighted by Crippen LogP contribution is -2.49. The maximum Gasteiger partial charge on any atom is 0.242 e. The number of hydrogen-bond donors (Lipinski definition) is 1. The molecule has 184 valence electrons. The summed E-state index contributed by atoms with van der Waals surface area (Å²) in [5, 5.41) is 4.11. The highest BCUT2D eigenvalue weighted by molar-refractivity contribution is 6.36. The van der Waals surface area contributed by atoms with Crippen LogP contribution in [0.5, 0.6) is 0 Å². The highest BCUT2D eigenvalue weighted by Crippen LogP contribution is 2.27. The fourth-order valence-corrected chi connectivity index (χ4v) is 4.91. The van der Waals surface area contributed by atoms with E-state index < -0.39 is 6.04 Å². The molecule has 1 atom stereocenters. The molecule has 34 heavy (non-hydrogen) atoms. The third kappa shape index (κ3) is 6.99. The van der Waals surface area contributed by atoms with E-state index in [9.17, 15) is 9.59 Å². The van der Waals surface area contributed by atoms with Crippen LogP contribution >= 0.6 is 23.2 Å². The van der Waals surface area contributed by atoms with Gasteiger partial charge in [-0.2, -0.15) is 0 Å². The van der Waals surface area contributed by atoms with Crippen molar-refractivity contribution in [1.82, 2.24) is 10.2 Å². The number of carbonyl (C=O) groups is 2. The standard InChI is InChI=1S/C28H36Cl2N2O2/c1-19(27(34)31-22-8-5-6-9-22)32(18-23-24(29)10-7-11-25(23)30)26(33)17-14-20-12-15-21(16-13-20)28(2,3)4/h7,10-13,15-16,19,22H,5-6,8-9,14,17-18H2,1-4H3,(H,31,34). The lowest BCUT2D eigenvalue weighted by atomic mass is 9.86. The summed E-state index contributed by atoms with van der Waals surface area (Å²) in [6, 6.07) is 13.3. The number of aryl methyl sites for hydroxylation is 1. The lowest BCUT2D eigenvalue weighted by molar-refractivity contribution is -0.140. The topological polar surface area (TPSA) is 49.4 Å². The molecule has 0 aliphatic heterocycles. The van der Waals surface area contributed by atoms with Gasteiger partial charge in [-0.1, -0.05) is 87.1 Å². The summed E-state index contributed by atoms with van der Waals surface area (Å²) >= 11 is 12.8. The van der Waals surface area contributed by atoms with Crippen LogP contribution < -0.4 is 5.32 Å². The number of nitrogens with one attached hydrogen (secondary N) is 1. The number of halogens is 2. The molecule has 3 rings (SSSR count). The molecule has 0 radical (unpaired) electrons. The van der Waals surface area contributed by atoms with Crippen molar-refractivity contribution in [3.8, 4) is 0 Å². The van der Waals surface area contributed by atoms with Crippen LogP contribution in [0.25, 0.3) is 0 Å². The van der Waals surface area contributed by atoms with Gasteiger partial charge in [0.1, 0.15) is 6.04 Å². The van der Waals surface area contributed by atoms with E-state index in [4.69, 9.17) is 23.2 Å². The second-order valence-corrected chi connectivity index (χ2v) is 11.1. The Morgan fingerprint density at radius 1 is 1.03 bits per heavy atom. The van der Waals surface area contributed by atoms with E-state index in [-0.39, 0.29) is 29.8 Å². The normalized spacial score (nSPS) is 15.2. The molecule has 1 aliphatic carbocycles. The minimum absolute atomic E-state index is 0.0848. The average molecular weight is 504 g/mol. The van der Waals surface area contributed by atoms with Crippen LogP contribution in [0.3, 0.4) is 0 Å². The van der Waals surface area contributed by atoms with Gasteiger partial charge in [0, 0.05) is 34.6 Å². The molecule has 4 nitrogen and oxygen atoms in total. The molecule has 1 fully saturated rings. The number of amides is 2.